The summed E-state index contributed by atoms with van der Waals surface area (Å²) in [5.41, 5.74) is 1.76. The van der Waals surface area contributed by atoms with E-state index < -0.39 is 19.6 Å². The summed E-state index contributed by atoms with van der Waals surface area (Å²) in [5, 5.41) is 14.6. The minimum atomic E-state index is -1.19. The number of hydrogen-bond donors (Lipinski definition) is 2. The van der Waals surface area contributed by atoms with Crippen molar-refractivity contribution in [3.05, 3.63) is 29.5 Å². The maximum atomic E-state index is 12.8. The number of amides is 1. The summed E-state index contributed by atoms with van der Waals surface area (Å²) in [4.78, 5) is 35.3. The lowest BCUT2D eigenvalue weighted by Crippen LogP contribution is -2.47. The summed E-state index contributed by atoms with van der Waals surface area (Å²) < 4.78 is 13.6. The molecule has 3 aromatic heterocycles. The number of ether oxygens (including phenoxy) is 2. The van der Waals surface area contributed by atoms with Crippen molar-refractivity contribution in [3.8, 4) is 10.6 Å². The summed E-state index contributed by atoms with van der Waals surface area (Å²) in [6, 6.07) is 3.06. The summed E-state index contributed by atoms with van der Waals surface area (Å²) in [6.45, 7) is 14.8. The van der Waals surface area contributed by atoms with Crippen LogP contribution in [0, 0.1) is 0 Å². The van der Waals surface area contributed by atoms with Gasteiger partial charge in [-0.1, -0.05) is 19.6 Å². The van der Waals surface area contributed by atoms with Crippen LogP contribution in [0.25, 0.3) is 21.6 Å². The van der Waals surface area contributed by atoms with E-state index in [-0.39, 0.29) is 17.0 Å². The van der Waals surface area contributed by atoms with Crippen LogP contribution < -0.4 is 5.32 Å². The highest BCUT2D eigenvalue weighted by Gasteiger charge is 2.29. The molecule has 4 heterocycles. The number of carbonyl (C=O) groups excluding carboxylic acids is 1. The molecule has 1 aliphatic rings. The van der Waals surface area contributed by atoms with E-state index in [0.717, 1.165) is 52.5 Å². The molecule has 212 valence electrons. The molecule has 0 radical (unpaired) electrons. The standard InChI is InChI=1S/C27H39N5O5SSi/c1-27(2,3)37-26(35)31-10-7-8-18(16-31)30-22-19-9-11-32(17-36-12-13-39(4,5)6)23(19)28-14-20(22)24-29-15-21(38-24)25(33)34/h9,11,14-15,18H,7-8,10,12-13,16-17H2,1-6H3,(H,28,30)(H,33,34)/t18-/m1/s1. The fourth-order valence-electron chi connectivity index (χ4n) is 4.39. The Bertz CT molecular complexity index is 1330. The third kappa shape index (κ3) is 7.58. The number of carboxylic acid groups (broad SMARTS) is 1. The number of thiazole rings is 1. The Morgan fingerprint density at radius 2 is 2.00 bits per heavy atom. The number of carboxylic acids is 1. The molecule has 1 fully saturated rings. The molecule has 0 spiro atoms. The van der Waals surface area contributed by atoms with E-state index in [4.69, 9.17) is 14.5 Å². The molecule has 3 aromatic rings. The van der Waals surface area contributed by atoms with E-state index in [2.05, 4.69) is 29.9 Å². The van der Waals surface area contributed by atoms with Gasteiger partial charge in [-0.25, -0.2) is 19.6 Å². The smallest absolute Gasteiger partial charge is 0.410 e. The molecule has 0 aliphatic carbocycles. The van der Waals surface area contributed by atoms with Gasteiger partial charge in [-0.15, -0.1) is 11.3 Å². The lowest BCUT2D eigenvalue weighted by atomic mass is 10.0. The molecule has 0 aromatic carbocycles. The van der Waals surface area contributed by atoms with E-state index >= 15 is 0 Å². The highest BCUT2D eigenvalue weighted by atomic mass is 32.1. The SMILES string of the molecule is CC(C)(C)OC(=O)N1CCC[C@@H](Nc2c(-c3ncc(C(=O)O)s3)cnc3c2ccn3COCC[Si](C)(C)C)C1. The van der Waals surface area contributed by atoms with Crippen molar-refractivity contribution in [2.75, 3.05) is 25.0 Å². The van der Waals surface area contributed by atoms with Gasteiger partial charge < -0.3 is 29.4 Å². The van der Waals surface area contributed by atoms with Gasteiger partial charge in [-0.3, -0.25) is 0 Å². The van der Waals surface area contributed by atoms with Gasteiger partial charge in [-0.05, 0) is 45.7 Å². The minimum Gasteiger partial charge on any atom is -0.477 e. The highest BCUT2D eigenvalue weighted by molar-refractivity contribution is 7.16. The summed E-state index contributed by atoms with van der Waals surface area (Å²) in [5.74, 6) is -1.01. The van der Waals surface area contributed by atoms with Crippen LogP contribution in [0.3, 0.4) is 0 Å². The van der Waals surface area contributed by atoms with E-state index in [1.165, 1.54) is 6.20 Å². The van der Waals surface area contributed by atoms with Gasteiger partial charge in [0.25, 0.3) is 0 Å². The first-order valence-electron chi connectivity index (χ1n) is 13.3. The van der Waals surface area contributed by atoms with Crippen LogP contribution in [0.4, 0.5) is 10.5 Å². The maximum absolute atomic E-state index is 12.8. The van der Waals surface area contributed by atoms with Gasteiger partial charge in [0.15, 0.2) is 0 Å². The molecule has 2 N–H and O–H groups in total. The monoisotopic (exact) mass is 573 g/mol. The first-order chi connectivity index (χ1) is 18.3. The first-order valence-corrected chi connectivity index (χ1v) is 17.8. The second-order valence-electron chi connectivity index (χ2n) is 12.2. The molecule has 0 unspecified atom stereocenters. The van der Waals surface area contributed by atoms with Crippen LogP contribution in [0.15, 0.2) is 24.7 Å². The maximum Gasteiger partial charge on any atom is 0.410 e. The lowest BCUT2D eigenvalue weighted by molar-refractivity contribution is 0.0206. The Labute approximate surface area is 234 Å². The Hall–Kier alpha value is -2.96. The van der Waals surface area contributed by atoms with Crippen molar-refractivity contribution >= 4 is 48.2 Å². The topological polar surface area (TPSA) is 119 Å². The molecule has 1 atom stereocenters. The molecule has 0 bridgehead atoms. The molecular weight excluding hydrogens is 534 g/mol. The van der Waals surface area contributed by atoms with Gasteiger partial charge in [0.2, 0.25) is 0 Å². The van der Waals surface area contributed by atoms with Crippen molar-refractivity contribution in [1.82, 2.24) is 19.4 Å². The number of pyridine rings is 1. The Morgan fingerprint density at radius 3 is 2.67 bits per heavy atom. The highest BCUT2D eigenvalue weighted by Crippen LogP contribution is 2.37. The molecule has 39 heavy (non-hydrogen) atoms. The van der Waals surface area contributed by atoms with Gasteiger partial charge in [0, 0.05) is 51.6 Å². The normalized spacial score (nSPS) is 16.5. The minimum absolute atomic E-state index is 0.0223. The fraction of sp³-hybridized carbons (Fsp3) is 0.556. The summed E-state index contributed by atoms with van der Waals surface area (Å²) in [7, 11) is -1.19. The molecule has 1 aliphatic heterocycles. The fourth-order valence-corrected chi connectivity index (χ4v) is 5.92. The number of aromatic carboxylic acids is 1. The van der Waals surface area contributed by atoms with Crippen LogP contribution in [0.5, 0.6) is 0 Å². The molecule has 12 heteroatoms. The zero-order valence-corrected chi connectivity index (χ0v) is 25.4. The molecule has 1 saturated heterocycles. The number of rotatable bonds is 9. The average molecular weight is 574 g/mol. The van der Waals surface area contributed by atoms with Gasteiger partial charge in [-0.2, -0.15) is 0 Å². The van der Waals surface area contributed by atoms with Crippen molar-refractivity contribution < 1.29 is 24.2 Å². The van der Waals surface area contributed by atoms with Crippen molar-refractivity contribution in [2.24, 2.45) is 0 Å². The van der Waals surface area contributed by atoms with Crippen LogP contribution >= 0.6 is 11.3 Å². The number of nitrogens with zero attached hydrogens (tertiary/aromatic N) is 4. The number of aromatic nitrogens is 3. The Kier molecular flexibility index (Phi) is 8.67. The van der Waals surface area contributed by atoms with Crippen molar-refractivity contribution in [1.29, 1.82) is 0 Å². The van der Waals surface area contributed by atoms with Gasteiger partial charge in [0.1, 0.15) is 27.9 Å². The summed E-state index contributed by atoms with van der Waals surface area (Å²) >= 11 is 1.11. The quantitative estimate of drug-likeness (QED) is 0.237. The van der Waals surface area contributed by atoms with E-state index in [1.807, 2.05) is 37.6 Å². The number of nitrogens with one attached hydrogen (secondary N) is 1. The lowest BCUT2D eigenvalue weighted by Gasteiger charge is -2.35. The Balaban J connectivity index is 1.62. The number of likely N-dealkylation sites (tertiary alicyclic amines) is 1. The molecule has 4 rings (SSSR count). The van der Waals surface area contributed by atoms with Crippen molar-refractivity contribution in [2.45, 2.75) is 77.7 Å². The van der Waals surface area contributed by atoms with Gasteiger partial charge in [0.05, 0.1) is 17.4 Å². The molecule has 1 amide bonds. The van der Waals surface area contributed by atoms with Crippen LogP contribution in [0.2, 0.25) is 25.7 Å². The second kappa shape index (κ2) is 11.6. The van der Waals surface area contributed by atoms with E-state index in [0.29, 0.717) is 31.4 Å². The average Bonchev–Trinajstić information content (AvgIpc) is 3.49. The molecule has 10 nitrogen and oxygen atoms in total. The molecular formula is C27H39N5O5SSi. The third-order valence-corrected chi connectivity index (χ3v) is 9.11. The largest absolute Gasteiger partial charge is 0.477 e. The number of fused-ring (bicyclic) bond motifs is 1. The van der Waals surface area contributed by atoms with Crippen molar-refractivity contribution in [3.63, 3.8) is 0 Å². The van der Waals surface area contributed by atoms with Crippen LogP contribution in [0.1, 0.15) is 43.3 Å². The van der Waals surface area contributed by atoms with E-state index in [9.17, 15) is 14.7 Å². The zero-order valence-electron chi connectivity index (χ0n) is 23.6. The number of piperidine rings is 1. The number of anilines is 1. The third-order valence-electron chi connectivity index (χ3n) is 6.38. The predicted molar refractivity (Wildman–Crippen MR) is 156 cm³/mol. The van der Waals surface area contributed by atoms with Gasteiger partial charge >= 0.3 is 12.1 Å². The van der Waals surface area contributed by atoms with Crippen LogP contribution in [-0.4, -0.2) is 76.0 Å². The first kappa shape index (κ1) is 29.0. The Morgan fingerprint density at radius 1 is 1.23 bits per heavy atom. The zero-order chi connectivity index (χ0) is 28.4. The number of carbonyl (C=O) groups is 2. The molecule has 0 saturated carbocycles. The summed E-state index contributed by atoms with van der Waals surface area (Å²) in [6.07, 6.45) is 6.47. The predicted octanol–water partition coefficient (Wildman–Crippen LogP) is 5.98. The number of hydrogen-bond acceptors (Lipinski definition) is 8. The van der Waals surface area contributed by atoms with E-state index in [1.54, 1.807) is 11.1 Å². The van der Waals surface area contributed by atoms with Crippen LogP contribution in [-0.2, 0) is 16.2 Å². The second-order valence-corrected chi connectivity index (χ2v) is 18.8.